The fraction of sp³-hybridized carbons (Fsp3) is 0.778. The first-order valence-corrected chi connectivity index (χ1v) is 4.14. The Labute approximate surface area is 63.5 Å². The van der Waals surface area contributed by atoms with Gasteiger partial charge in [0.05, 0.1) is 0 Å². The predicted octanol–water partition coefficient (Wildman–Crippen LogP) is 1.95. The largest absolute Gasteiger partial charge is 0.310 e. The van der Waals surface area contributed by atoms with Gasteiger partial charge in [-0.25, -0.2) is 0 Å². The van der Waals surface area contributed by atoms with E-state index in [0.717, 1.165) is 12.5 Å². The molecule has 1 atom stereocenters. The van der Waals surface area contributed by atoms with Gasteiger partial charge in [-0.1, -0.05) is 25.5 Å². The maximum Gasteiger partial charge on any atom is 0.0224 e. The summed E-state index contributed by atoms with van der Waals surface area (Å²) in [5.74, 6) is 0.740. The van der Waals surface area contributed by atoms with E-state index in [-0.39, 0.29) is 0 Å². The van der Waals surface area contributed by atoms with Crippen molar-refractivity contribution in [2.45, 2.75) is 33.2 Å². The molecular weight excluding hydrogens is 122 g/mol. The summed E-state index contributed by atoms with van der Waals surface area (Å²) < 4.78 is 0. The van der Waals surface area contributed by atoms with E-state index in [1.807, 2.05) is 0 Å². The Hall–Kier alpha value is -0.300. The van der Waals surface area contributed by atoms with Crippen LogP contribution in [0, 0.1) is 5.92 Å². The molecule has 1 rings (SSSR count). The molecule has 0 amide bonds. The van der Waals surface area contributed by atoms with Crippen molar-refractivity contribution in [2.24, 2.45) is 5.92 Å². The molecule has 0 spiro atoms. The molecule has 0 aromatic rings. The van der Waals surface area contributed by atoms with Crippen molar-refractivity contribution in [1.29, 1.82) is 0 Å². The maximum atomic E-state index is 3.39. The molecule has 1 nitrogen and oxygen atoms in total. The summed E-state index contributed by atoms with van der Waals surface area (Å²) in [6, 6.07) is 0.589. The zero-order valence-corrected chi connectivity index (χ0v) is 7.15. The van der Waals surface area contributed by atoms with Crippen molar-refractivity contribution < 1.29 is 0 Å². The van der Waals surface area contributed by atoms with E-state index >= 15 is 0 Å². The first kappa shape index (κ1) is 7.80. The number of rotatable bonds is 1. The SMILES string of the molecule is CC(C)C1=C[C@@H](C)NCC1. The van der Waals surface area contributed by atoms with Gasteiger partial charge in [-0.2, -0.15) is 0 Å². The fourth-order valence-corrected chi connectivity index (χ4v) is 1.39. The van der Waals surface area contributed by atoms with Gasteiger partial charge in [-0.3, -0.25) is 0 Å². The lowest BCUT2D eigenvalue weighted by molar-refractivity contribution is 0.558. The minimum atomic E-state index is 0.589. The second-order valence-corrected chi connectivity index (χ2v) is 3.39. The molecular formula is C9H17N. The molecule has 0 unspecified atom stereocenters. The summed E-state index contributed by atoms with van der Waals surface area (Å²) in [6.45, 7) is 7.90. The smallest absolute Gasteiger partial charge is 0.0224 e. The molecule has 1 aliphatic heterocycles. The number of hydrogen-bond acceptors (Lipinski definition) is 1. The minimum absolute atomic E-state index is 0.589. The van der Waals surface area contributed by atoms with E-state index in [4.69, 9.17) is 0 Å². The van der Waals surface area contributed by atoms with Crippen LogP contribution in [0.15, 0.2) is 11.6 Å². The van der Waals surface area contributed by atoms with E-state index in [1.165, 1.54) is 6.42 Å². The third-order valence-electron chi connectivity index (χ3n) is 2.09. The second-order valence-electron chi connectivity index (χ2n) is 3.39. The maximum absolute atomic E-state index is 3.39. The van der Waals surface area contributed by atoms with Gasteiger partial charge in [0.25, 0.3) is 0 Å². The molecule has 10 heavy (non-hydrogen) atoms. The average Bonchev–Trinajstić information content (AvgIpc) is 1.88. The van der Waals surface area contributed by atoms with Gasteiger partial charge < -0.3 is 5.32 Å². The Morgan fingerprint density at radius 1 is 1.60 bits per heavy atom. The molecule has 0 saturated heterocycles. The van der Waals surface area contributed by atoms with Gasteiger partial charge in [0.2, 0.25) is 0 Å². The summed E-state index contributed by atoms with van der Waals surface area (Å²) in [4.78, 5) is 0. The quantitative estimate of drug-likeness (QED) is 0.547. The van der Waals surface area contributed by atoms with Crippen LogP contribution in [0.4, 0.5) is 0 Å². The van der Waals surface area contributed by atoms with Gasteiger partial charge in [-0.05, 0) is 25.8 Å². The lowest BCUT2D eigenvalue weighted by Crippen LogP contribution is -2.30. The van der Waals surface area contributed by atoms with Crippen molar-refractivity contribution in [2.75, 3.05) is 6.54 Å². The topological polar surface area (TPSA) is 12.0 Å². The van der Waals surface area contributed by atoms with Crippen LogP contribution >= 0.6 is 0 Å². The van der Waals surface area contributed by atoms with Crippen LogP contribution in [0.25, 0.3) is 0 Å². The standard InChI is InChI=1S/C9H17N/c1-7(2)9-4-5-10-8(3)6-9/h6-8,10H,4-5H2,1-3H3/t8-/m1/s1. The van der Waals surface area contributed by atoms with Crippen LogP contribution in [-0.2, 0) is 0 Å². The lowest BCUT2D eigenvalue weighted by atomic mass is 9.95. The summed E-state index contributed by atoms with van der Waals surface area (Å²) in [7, 11) is 0. The Balaban J connectivity index is 2.57. The second kappa shape index (κ2) is 3.20. The number of nitrogens with one attached hydrogen (secondary N) is 1. The molecule has 0 aromatic heterocycles. The van der Waals surface area contributed by atoms with Crippen LogP contribution in [0.1, 0.15) is 27.2 Å². The summed E-state index contributed by atoms with van der Waals surface area (Å²) in [6.07, 6.45) is 3.59. The van der Waals surface area contributed by atoms with Crippen molar-refractivity contribution in [3.05, 3.63) is 11.6 Å². The van der Waals surface area contributed by atoms with Gasteiger partial charge in [0, 0.05) is 6.04 Å². The van der Waals surface area contributed by atoms with Crippen LogP contribution in [0.2, 0.25) is 0 Å². The van der Waals surface area contributed by atoms with E-state index in [9.17, 15) is 0 Å². The highest BCUT2D eigenvalue weighted by molar-refractivity contribution is 5.11. The van der Waals surface area contributed by atoms with E-state index in [2.05, 4.69) is 32.2 Å². The molecule has 0 aliphatic carbocycles. The lowest BCUT2D eigenvalue weighted by Gasteiger charge is -2.21. The Kier molecular flexibility index (Phi) is 2.50. The molecule has 1 N–H and O–H groups in total. The summed E-state index contributed by atoms with van der Waals surface area (Å²) in [5.41, 5.74) is 1.62. The highest BCUT2D eigenvalue weighted by atomic mass is 14.9. The first-order valence-electron chi connectivity index (χ1n) is 4.14. The molecule has 0 bridgehead atoms. The van der Waals surface area contributed by atoms with Gasteiger partial charge in [0.1, 0.15) is 0 Å². The van der Waals surface area contributed by atoms with E-state index < -0.39 is 0 Å². The van der Waals surface area contributed by atoms with E-state index in [0.29, 0.717) is 6.04 Å². The third kappa shape index (κ3) is 1.84. The molecule has 1 heteroatoms. The Morgan fingerprint density at radius 2 is 2.30 bits per heavy atom. The number of hydrogen-bond donors (Lipinski definition) is 1. The zero-order chi connectivity index (χ0) is 7.56. The Bertz CT molecular complexity index is 136. The summed E-state index contributed by atoms with van der Waals surface area (Å²) >= 11 is 0. The molecule has 58 valence electrons. The molecule has 1 heterocycles. The first-order chi connectivity index (χ1) is 4.70. The monoisotopic (exact) mass is 139 g/mol. The normalized spacial score (nSPS) is 26.8. The van der Waals surface area contributed by atoms with Gasteiger partial charge >= 0.3 is 0 Å². The van der Waals surface area contributed by atoms with E-state index in [1.54, 1.807) is 5.57 Å². The molecule has 0 fully saturated rings. The highest BCUT2D eigenvalue weighted by Crippen LogP contribution is 2.16. The molecule has 0 saturated carbocycles. The molecule has 0 aromatic carbocycles. The minimum Gasteiger partial charge on any atom is -0.310 e. The van der Waals surface area contributed by atoms with Crippen molar-refractivity contribution in [3.8, 4) is 0 Å². The van der Waals surface area contributed by atoms with Crippen molar-refractivity contribution in [3.63, 3.8) is 0 Å². The molecule has 0 radical (unpaired) electrons. The van der Waals surface area contributed by atoms with Gasteiger partial charge in [-0.15, -0.1) is 0 Å². The summed E-state index contributed by atoms with van der Waals surface area (Å²) in [5, 5.41) is 3.39. The zero-order valence-electron chi connectivity index (χ0n) is 7.15. The third-order valence-corrected chi connectivity index (χ3v) is 2.09. The average molecular weight is 139 g/mol. The van der Waals surface area contributed by atoms with Crippen LogP contribution in [-0.4, -0.2) is 12.6 Å². The van der Waals surface area contributed by atoms with Crippen LogP contribution in [0.5, 0.6) is 0 Å². The fourth-order valence-electron chi connectivity index (χ4n) is 1.39. The Morgan fingerprint density at radius 3 is 2.70 bits per heavy atom. The predicted molar refractivity (Wildman–Crippen MR) is 45.0 cm³/mol. The molecule has 1 aliphatic rings. The van der Waals surface area contributed by atoms with Crippen LogP contribution < -0.4 is 5.32 Å². The van der Waals surface area contributed by atoms with Crippen molar-refractivity contribution in [1.82, 2.24) is 5.32 Å². The van der Waals surface area contributed by atoms with Crippen LogP contribution in [0.3, 0.4) is 0 Å². The van der Waals surface area contributed by atoms with Gasteiger partial charge in [0.15, 0.2) is 0 Å². The van der Waals surface area contributed by atoms with Crippen molar-refractivity contribution >= 4 is 0 Å². The highest BCUT2D eigenvalue weighted by Gasteiger charge is 2.10.